The Labute approximate surface area is 195 Å². The molecule has 4 rings (SSSR count). The second kappa shape index (κ2) is 9.01. The lowest BCUT2D eigenvalue weighted by molar-refractivity contribution is -0.132. The maximum Gasteiger partial charge on any atom is 0.300 e. The van der Waals surface area contributed by atoms with Crippen LogP contribution in [-0.2, 0) is 9.59 Å². The summed E-state index contributed by atoms with van der Waals surface area (Å²) in [7, 11) is 0. The van der Waals surface area contributed by atoms with Crippen molar-refractivity contribution >= 4 is 39.1 Å². The first-order valence-electron chi connectivity index (χ1n) is 10.3. The van der Waals surface area contributed by atoms with Crippen molar-refractivity contribution in [3.05, 3.63) is 99.5 Å². The van der Waals surface area contributed by atoms with Crippen LogP contribution in [0.3, 0.4) is 0 Å². The Morgan fingerprint density at radius 2 is 1.75 bits per heavy atom. The number of aryl methyl sites for hydroxylation is 1. The van der Waals surface area contributed by atoms with Crippen LogP contribution in [0, 0.1) is 6.92 Å². The summed E-state index contributed by atoms with van der Waals surface area (Å²) in [5.74, 6) is -1.02. The van der Waals surface area contributed by atoms with Crippen LogP contribution in [0.5, 0.6) is 5.75 Å². The molecule has 1 saturated heterocycles. The van der Waals surface area contributed by atoms with Crippen molar-refractivity contribution in [2.45, 2.75) is 19.9 Å². The van der Waals surface area contributed by atoms with Gasteiger partial charge in [0.25, 0.3) is 11.7 Å². The average molecular weight is 492 g/mol. The van der Waals surface area contributed by atoms with Crippen molar-refractivity contribution in [3.8, 4) is 5.75 Å². The minimum Gasteiger partial charge on any atom is -0.507 e. The number of Topliss-reactive ketones (excluding diaryl/α,β-unsaturated/α-hetero) is 1. The number of aliphatic hydroxyl groups is 1. The van der Waals surface area contributed by atoms with Crippen molar-refractivity contribution in [1.82, 2.24) is 0 Å². The number of anilines is 1. The Morgan fingerprint density at radius 1 is 1.03 bits per heavy atom. The number of halogens is 1. The van der Waals surface area contributed by atoms with Crippen LogP contribution in [0.4, 0.5) is 5.69 Å². The van der Waals surface area contributed by atoms with E-state index >= 15 is 0 Å². The summed E-state index contributed by atoms with van der Waals surface area (Å²) in [6.45, 7) is 4.30. The van der Waals surface area contributed by atoms with Gasteiger partial charge in [0.2, 0.25) is 0 Å². The molecule has 1 amide bonds. The summed E-state index contributed by atoms with van der Waals surface area (Å²) >= 11 is 3.38. The molecule has 1 aliphatic rings. The Kier molecular flexibility index (Phi) is 6.15. The summed E-state index contributed by atoms with van der Waals surface area (Å²) < 4.78 is 6.44. The van der Waals surface area contributed by atoms with Gasteiger partial charge in [-0.1, -0.05) is 64.0 Å². The van der Waals surface area contributed by atoms with Crippen molar-refractivity contribution in [2.24, 2.45) is 0 Å². The number of amides is 1. The first-order chi connectivity index (χ1) is 15.4. The molecule has 0 aromatic heterocycles. The van der Waals surface area contributed by atoms with Gasteiger partial charge in [-0.2, -0.15) is 0 Å². The number of carbonyl (C=O) groups excluding carboxylic acids is 2. The van der Waals surface area contributed by atoms with E-state index in [1.165, 1.54) is 4.90 Å². The third kappa shape index (κ3) is 4.06. The Hall–Kier alpha value is -3.38. The fourth-order valence-electron chi connectivity index (χ4n) is 3.91. The number of ether oxygens (including phenoxy) is 1. The second-order valence-electron chi connectivity index (χ2n) is 7.52. The van der Waals surface area contributed by atoms with E-state index in [1.54, 1.807) is 48.5 Å². The maximum atomic E-state index is 13.2. The zero-order valence-corrected chi connectivity index (χ0v) is 19.3. The van der Waals surface area contributed by atoms with Crippen molar-refractivity contribution in [2.75, 3.05) is 11.5 Å². The van der Waals surface area contributed by atoms with Crippen LogP contribution < -0.4 is 9.64 Å². The van der Waals surface area contributed by atoms with Crippen LogP contribution in [0.15, 0.2) is 82.8 Å². The number of hydrogen-bond donors (Lipinski definition) is 1. The number of hydrogen-bond acceptors (Lipinski definition) is 4. The summed E-state index contributed by atoms with van der Waals surface area (Å²) in [5.41, 5.74) is 2.78. The molecular formula is C26H22BrNO4. The average Bonchev–Trinajstić information content (AvgIpc) is 3.05. The van der Waals surface area contributed by atoms with E-state index in [0.29, 0.717) is 23.6 Å². The monoisotopic (exact) mass is 491 g/mol. The Balaban J connectivity index is 1.93. The molecule has 0 aliphatic carbocycles. The molecule has 1 unspecified atom stereocenters. The predicted octanol–water partition coefficient (Wildman–Crippen LogP) is 5.78. The number of rotatable bonds is 5. The molecule has 1 heterocycles. The standard InChI is InChI=1S/C26H22BrNO4/c1-3-32-21-9-5-8-20(15-21)28-23(18-7-4-6-16(2)14-18)22(25(30)26(28)31)24(29)17-10-12-19(27)13-11-17/h4-15,23,29H,3H2,1-2H3/b24-22+. The van der Waals surface area contributed by atoms with Crippen LogP contribution in [-0.4, -0.2) is 23.4 Å². The molecule has 0 spiro atoms. The highest BCUT2D eigenvalue weighted by atomic mass is 79.9. The summed E-state index contributed by atoms with van der Waals surface area (Å²) in [6.07, 6.45) is 0. The van der Waals surface area contributed by atoms with E-state index in [-0.39, 0.29) is 11.3 Å². The molecule has 3 aromatic carbocycles. The van der Waals surface area contributed by atoms with Gasteiger partial charge in [-0.05, 0) is 43.7 Å². The number of aliphatic hydroxyl groups excluding tert-OH is 1. The van der Waals surface area contributed by atoms with Crippen LogP contribution in [0.2, 0.25) is 0 Å². The quantitative estimate of drug-likeness (QED) is 0.279. The predicted molar refractivity (Wildman–Crippen MR) is 128 cm³/mol. The molecule has 162 valence electrons. The Morgan fingerprint density at radius 3 is 2.44 bits per heavy atom. The highest BCUT2D eigenvalue weighted by molar-refractivity contribution is 9.10. The zero-order valence-electron chi connectivity index (χ0n) is 17.7. The minimum atomic E-state index is -0.768. The fraction of sp³-hybridized carbons (Fsp3) is 0.154. The third-order valence-corrected chi connectivity index (χ3v) is 5.86. The lowest BCUT2D eigenvalue weighted by Gasteiger charge is -2.26. The first kappa shape index (κ1) is 21.8. The number of nitrogens with zero attached hydrogens (tertiary/aromatic N) is 1. The van der Waals surface area contributed by atoms with Gasteiger partial charge >= 0.3 is 0 Å². The lowest BCUT2D eigenvalue weighted by Crippen LogP contribution is -2.29. The molecule has 0 saturated carbocycles. The molecule has 1 aliphatic heterocycles. The number of ketones is 1. The SMILES string of the molecule is CCOc1cccc(N2C(=O)C(=O)/C(=C(/O)c3ccc(Br)cc3)C2c2cccc(C)c2)c1. The summed E-state index contributed by atoms with van der Waals surface area (Å²) in [5, 5.41) is 11.1. The van der Waals surface area contributed by atoms with Crippen LogP contribution in [0.1, 0.15) is 29.7 Å². The molecular weight excluding hydrogens is 470 g/mol. The third-order valence-electron chi connectivity index (χ3n) is 5.33. The zero-order chi connectivity index (χ0) is 22.8. The Bertz CT molecular complexity index is 1220. The first-order valence-corrected chi connectivity index (χ1v) is 11.1. The lowest BCUT2D eigenvalue weighted by atomic mass is 9.94. The van der Waals surface area contributed by atoms with E-state index in [1.807, 2.05) is 38.1 Å². The van der Waals surface area contributed by atoms with Gasteiger partial charge in [-0.3, -0.25) is 14.5 Å². The van der Waals surface area contributed by atoms with Gasteiger partial charge in [0.05, 0.1) is 18.2 Å². The maximum absolute atomic E-state index is 13.2. The van der Waals surface area contributed by atoms with Gasteiger partial charge < -0.3 is 9.84 Å². The van der Waals surface area contributed by atoms with Crippen molar-refractivity contribution in [3.63, 3.8) is 0 Å². The van der Waals surface area contributed by atoms with Crippen LogP contribution in [0.25, 0.3) is 5.76 Å². The molecule has 5 nitrogen and oxygen atoms in total. The molecule has 3 aromatic rings. The molecule has 1 atom stereocenters. The normalized spacial score (nSPS) is 17.6. The van der Waals surface area contributed by atoms with Crippen molar-refractivity contribution < 1.29 is 19.4 Å². The van der Waals surface area contributed by atoms with Gasteiger partial charge in [-0.25, -0.2) is 0 Å². The summed E-state index contributed by atoms with van der Waals surface area (Å²) in [4.78, 5) is 27.9. The van der Waals surface area contributed by atoms with E-state index in [9.17, 15) is 14.7 Å². The number of carbonyl (C=O) groups is 2. The largest absolute Gasteiger partial charge is 0.507 e. The highest BCUT2D eigenvalue weighted by Crippen LogP contribution is 2.43. The smallest absolute Gasteiger partial charge is 0.300 e. The number of benzene rings is 3. The molecule has 1 fully saturated rings. The molecule has 0 radical (unpaired) electrons. The highest BCUT2D eigenvalue weighted by Gasteiger charge is 2.47. The molecule has 0 bridgehead atoms. The van der Waals surface area contributed by atoms with Gasteiger partial charge in [0.1, 0.15) is 11.5 Å². The second-order valence-corrected chi connectivity index (χ2v) is 8.44. The molecule has 32 heavy (non-hydrogen) atoms. The van der Waals surface area contributed by atoms with Gasteiger partial charge in [0, 0.05) is 21.8 Å². The molecule has 6 heteroatoms. The van der Waals surface area contributed by atoms with Crippen LogP contribution >= 0.6 is 15.9 Å². The minimum absolute atomic E-state index is 0.0599. The van der Waals surface area contributed by atoms with E-state index < -0.39 is 17.7 Å². The van der Waals surface area contributed by atoms with E-state index in [4.69, 9.17) is 4.74 Å². The van der Waals surface area contributed by atoms with Crippen molar-refractivity contribution in [1.29, 1.82) is 0 Å². The summed E-state index contributed by atoms with van der Waals surface area (Å²) in [6, 6.07) is 20.9. The fourth-order valence-corrected chi connectivity index (χ4v) is 4.17. The van der Waals surface area contributed by atoms with E-state index in [0.717, 1.165) is 15.6 Å². The van der Waals surface area contributed by atoms with Gasteiger partial charge in [0.15, 0.2) is 0 Å². The van der Waals surface area contributed by atoms with Gasteiger partial charge in [-0.15, -0.1) is 0 Å². The van der Waals surface area contributed by atoms with E-state index in [2.05, 4.69) is 15.9 Å². The molecule has 1 N–H and O–H groups in total. The topological polar surface area (TPSA) is 66.8 Å².